The Labute approximate surface area is 92.6 Å². The number of nitrogens with one attached hydrogen (secondary N) is 1. The van der Waals surface area contributed by atoms with Crippen LogP contribution < -0.4 is 11.1 Å². The zero-order valence-electron chi connectivity index (χ0n) is 10.1. The van der Waals surface area contributed by atoms with Crippen molar-refractivity contribution in [2.75, 3.05) is 19.8 Å². The Morgan fingerprint density at radius 3 is 2.40 bits per heavy atom. The van der Waals surface area contributed by atoms with Gasteiger partial charge < -0.3 is 15.8 Å². The van der Waals surface area contributed by atoms with Crippen LogP contribution in [0, 0.1) is 5.92 Å². The molecular formula is C11H24N2O2. The van der Waals surface area contributed by atoms with Crippen LogP contribution in [-0.2, 0) is 9.53 Å². The first-order valence-corrected chi connectivity index (χ1v) is 5.75. The van der Waals surface area contributed by atoms with E-state index in [-0.39, 0.29) is 18.6 Å². The molecule has 0 saturated heterocycles. The van der Waals surface area contributed by atoms with Crippen LogP contribution in [0.1, 0.15) is 33.6 Å². The maximum absolute atomic E-state index is 11.2. The van der Waals surface area contributed by atoms with E-state index in [2.05, 4.69) is 19.2 Å². The predicted octanol–water partition coefficient (Wildman–Crippen LogP) is 0.903. The van der Waals surface area contributed by atoms with Crippen LogP contribution in [0.5, 0.6) is 0 Å². The summed E-state index contributed by atoms with van der Waals surface area (Å²) in [5.41, 5.74) is 5.96. The number of carbonyl (C=O) groups is 1. The molecule has 0 rings (SSSR count). The monoisotopic (exact) mass is 216 g/mol. The lowest BCUT2D eigenvalue weighted by atomic mass is 9.95. The molecule has 0 spiro atoms. The molecule has 0 aromatic heterocycles. The molecule has 4 heteroatoms. The Morgan fingerprint density at radius 1 is 1.33 bits per heavy atom. The van der Waals surface area contributed by atoms with Gasteiger partial charge in [0.25, 0.3) is 0 Å². The molecule has 1 amide bonds. The molecule has 0 aliphatic heterocycles. The van der Waals surface area contributed by atoms with E-state index in [9.17, 15) is 4.79 Å². The van der Waals surface area contributed by atoms with Crippen molar-refractivity contribution in [3.05, 3.63) is 0 Å². The molecule has 0 bridgehead atoms. The smallest absolute Gasteiger partial charge is 0.246 e. The molecular weight excluding hydrogens is 192 g/mol. The summed E-state index contributed by atoms with van der Waals surface area (Å²) in [5.74, 6) is 0.399. The molecule has 0 aliphatic rings. The Hall–Kier alpha value is -0.610. The molecule has 90 valence electrons. The third-order valence-corrected chi connectivity index (χ3v) is 2.63. The second-order valence-electron chi connectivity index (χ2n) is 3.68. The van der Waals surface area contributed by atoms with E-state index < -0.39 is 0 Å². The highest BCUT2D eigenvalue weighted by atomic mass is 16.5. The van der Waals surface area contributed by atoms with E-state index in [1.165, 1.54) is 0 Å². The average molecular weight is 216 g/mol. The van der Waals surface area contributed by atoms with Gasteiger partial charge in [-0.3, -0.25) is 4.79 Å². The molecule has 1 atom stereocenters. The van der Waals surface area contributed by atoms with Crippen LogP contribution >= 0.6 is 0 Å². The minimum absolute atomic E-state index is 0.0468. The van der Waals surface area contributed by atoms with Gasteiger partial charge in [-0.25, -0.2) is 0 Å². The summed E-state index contributed by atoms with van der Waals surface area (Å²) in [5, 5.41) is 2.78. The molecule has 0 aliphatic carbocycles. The molecule has 1 unspecified atom stereocenters. The molecule has 0 aromatic carbocycles. The van der Waals surface area contributed by atoms with Crippen molar-refractivity contribution in [2.45, 2.75) is 39.7 Å². The molecule has 15 heavy (non-hydrogen) atoms. The van der Waals surface area contributed by atoms with Crippen molar-refractivity contribution in [1.82, 2.24) is 5.32 Å². The van der Waals surface area contributed by atoms with Crippen molar-refractivity contribution in [3.8, 4) is 0 Å². The molecule has 0 fully saturated rings. The topological polar surface area (TPSA) is 64.3 Å². The summed E-state index contributed by atoms with van der Waals surface area (Å²) in [4.78, 5) is 11.2. The number of ether oxygens (including phenoxy) is 1. The van der Waals surface area contributed by atoms with Crippen molar-refractivity contribution in [3.63, 3.8) is 0 Å². The molecule has 0 radical (unpaired) electrons. The highest BCUT2D eigenvalue weighted by molar-refractivity contribution is 5.77. The van der Waals surface area contributed by atoms with Crippen molar-refractivity contribution in [1.29, 1.82) is 0 Å². The first kappa shape index (κ1) is 14.4. The lowest BCUT2D eigenvalue weighted by molar-refractivity contribution is -0.125. The van der Waals surface area contributed by atoms with Gasteiger partial charge in [-0.05, 0) is 12.8 Å². The van der Waals surface area contributed by atoms with Crippen molar-refractivity contribution >= 4 is 5.91 Å². The van der Waals surface area contributed by atoms with Gasteiger partial charge in [-0.1, -0.05) is 26.7 Å². The summed E-state index contributed by atoms with van der Waals surface area (Å²) in [6.07, 6.45) is 2.11. The predicted molar refractivity (Wildman–Crippen MR) is 61.6 cm³/mol. The third-order valence-electron chi connectivity index (χ3n) is 2.63. The van der Waals surface area contributed by atoms with Gasteiger partial charge in [0.1, 0.15) is 6.61 Å². The zero-order valence-corrected chi connectivity index (χ0v) is 10.1. The quantitative estimate of drug-likeness (QED) is 0.633. The molecule has 0 saturated carbocycles. The summed E-state index contributed by atoms with van der Waals surface area (Å²) in [6.45, 7) is 7.34. The van der Waals surface area contributed by atoms with E-state index >= 15 is 0 Å². The SMILES string of the molecule is CCOCC(=O)NCC(N)C(CC)CC. The highest BCUT2D eigenvalue weighted by Gasteiger charge is 2.14. The fraction of sp³-hybridized carbons (Fsp3) is 0.909. The second-order valence-corrected chi connectivity index (χ2v) is 3.68. The first-order chi connectivity index (χ1) is 7.15. The summed E-state index contributed by atoms with van der Waals surface area (Å²) < 4.78 is 4.99. The Morgan fingerprint density at radius 2 is 1.93 bits per heavy atom. The van der Waals surface area contributed by atoms with Crippen molar-refractivity contribution in [2.24, 2.45) is 11.7 Å². The van der Waals surface area contributed by atoms with Crippen LogP contribution in [0.3, 0.4) is 0 Å². The number of carbonyl (C=O) groups excluding carboxylic acids is 1. The highest BCUT2D eigenvalue weighted by Crippen LogP contribution is 2.10. The molecule has 0 heterocycles. The fourth-order valence-electron chi connectivity index (χ4n) is 1.54. The zero-order chi connectivity index (χ0) is 11.7. The van der Waals surface area contributed by atoms with Crippen LogP contribution in [0.15, 0.2) is 0 Å². The van der Waals surface area contributed by atoms with E-state index in [0.717, 1.165) is 12.8 Å². The third kappa shape index (κ3) is 6.47. The lowest BCUT2D eigenvalue weighted by Crippen LogP contribution is -2.42. The molecule has 3 N–H and O–H groups in total. The van der Waals surface area contributed by atoms with Crippen molar-refractivity contribution < 1.29 is 9.53 Å². The normalized spacial score (nSPS) is 12.9. The van der Waals surface area contributed by atoms with Gasteiger partial charge >= 0.3 is 0 Å². The maximum atomic E-state index is 11.2. The van der Waals surface area contributed by atoms with E-state index in [1.807, 2.05) is 6.92 Å². The van der Waals surface area contributed by atoms with E-state index in [4.69, 9.17) is 10.5 Å². The standard InChI is InChI=1S/C11H24N2O2/c1-4-9(5-2)10(12)7-13-11(14)8-15-6-3/h9-10H,4-8,12H2,1-3H3,(H,13,14). The number of hydrogen-bond acceptors (Lipinski definition) is 3. The largest absolute Gasteiger partial charge is 0.372 e. The summed E-state index contributed by atoms with van der Waals surface area (Å²) in [6, 6.07) is 0.0468. The van der Waals surface area contributed by atoms with Gasteiger partial charge in [0.2, 0.25) is 5.91 Å². The van der Waals surface area contributed by atoms with Gasteiger partial charge in [0, 0.05) is 19.2 Å². The maximum Gasteiger partial charge on any atom is 0.246 e. The average Bonchev–Trinajstić information content (AvgIpc) is 2.25. The van der Waals surface area contributed by atoms with E-state index in [1.54, 1.807) is 0 Å². The second kappa shape index (κ2) is 8.68. The van der Waals surface area contributed by atoms with Crippen LogP contribution in [-0.4, -0.2) is 31.7 Å². The van der Waals surface area contributed by atoms with Crippen LogP contribution in [0.2, 0.25) is 0 Å². The number of nitrogens with two attached hydrogens (primary N) is 1. The van der Waals surface area contributed by atoms with Gasteiger partial charge in [-0.2, -0.15) is 0 Å². The van der Waals surface area contributed by atoms with E-state index in [0.29, 0.717) is 19.1 Å². The van der Waals surface area contributed by atoms with Gasteiger partial charge in [0.05, 0.1) is 0 Å². The first-order valence-electron chi connectivity index (χ1n) is 5.75. The van der Waals surface area contributed by atoms with Crippen LogP contribution in [0.25, 0.3) is 0 Å². The fourth-order valence-corrected chi connectivity index (χ4v) is 1.54. The number of amides is 1. The van der Waals surface area contributed by atoms with Crippen LogP contribution in [0.4, 0.5) is 0 Å². The minimum Gasteiger partial charge on any atom is -0.372 e. The Kier molecular flexibility index (Phi) is 8.33. The Bertz CT molecular complexity index is 170. The minimum atomic E-state index is -0.0849. The number of rotatable bonds is 8. The van der Waals surface area contributed by atoms with Gasteiger partial charge in [-0.15, -0.1) is 0 Å². The lowest BCUT2D eigenvalue weighted by Gasteiger charge is -2.21. The molecule has 0 aromatic rings. The summed E-state index contributed by atoms with van der Waals surface area (Å²) in [7, 11) is 0. The Balaban J connectivity index is 3.68. The molecule has 4 nitrogen and oxygen atoms in total. The summed E-state index contributed by atoms with van der Waals surface area (Å²) >= 11 is 0. The van der Waals surface area contributed by atoms with Gasteiger partial charge in [0.15, 0.2) is 0 Å². The number of hydrogen-bond donors (Lipinski definition) is 2.